The molecule has 0 saturated carbocycles. The smallest absolute Gasteiger partial charge is 0.123 e. The van der Waals surface area contributed by atoms with Crippen LogP contribution < -0.4 is 5.32 Å². The zero-order chi connectivity index (χ0) is 13.6. The molecule has 2 heteroatoms. The summed E-state index contributed by atoms with van der Waals surface area (Å²) in [4.78, 5) is 0. The van der Waals surface area contributed by atoms with E-state index < -0.39 is 0 Å². The summed E-state index contributed by atoms with van der Waals surface area (Å²) in [7, 11) is 0. The number of halogens is 1. The fourth-order valence-electron chi connectivity index (χ4n) is 2.10. The van der Waals surface area contributed by atoms with Crippen LogP contribution in [0.3, 0.4) is 0 Å². The van der Waals surface area contributed by atoms with Crippen LogP contribution in [0.15, 0.2) is 24.3 Å². The molecule has 18 heavy (non-hydrogen) atoms. The van der Waals surface area contributed by atoms with E-state index in [2.05, 4.69) is 32.0 Å². The molecule has 1 N–H and O–H groups in total. The molecule has 1 rings (SSSR count). The second-order valence-electron chi connectivity index (χ2n) is 5.14. The van der Waals surface area contributed by atoms with E-state index in [1.807, 2.05) is 12.1 Å². The van der Waals surface area contributed by atoms with Gasteiger partial charge in [-0.15, -0.1) is 12.3 Å². The van der Waals surface area contributed by atoms with Gasteiger partial charge in [0, 0.05) is 17.9 Å². The van der Waals surface area contributed by atoms with E-state index in [0.29, 0.717) is 6.42 Å². The molecule has 0 saturated heterocycles. The Balaban J connectivity index is 2.92. The van der Waals surface area contributed by atoms with Gasteiger partial charge in [-0.25, -0.2) is 4.39 Å². The molecule has 0 aromatic heterocycles. The third kappa shape index (κ3) is 3.58. The number of nitrogens with one attached hydrogen (secondary N) is 1. The van der Waals surface area contributed by atoms with E-state index in [4.69, 9.17) is 6.42 Å². The van der Waals surface area contributed by atoms with Gasteiger partial charge in [0.1, 0.15) is 5.82 Å². The molecule has 0 aliphatic carbocycles. The quantitative estimate of drug-likeness (QED) is 0.759. The van der Waals surface area contributed by atoms with Gasteiger partial charge in [-0.05, 0) is 30.7 Å². The molecule has 1 aromatic rings. The first-order chi connectivity index (χ1) is 8.52. The molecular weight excluding hydrogens is 225 g/mol. The molecule has 1 atom stereocenters. The number of terminal acetylenes is 1. The summed E-state index contributed by atoms with van der Waals surface area (Å²) in [6.07, 6.45) is 7.19. The number of rotatable bonds is 6. The maximum absolute atomic E-state index is 13.0. The first-order valence-corrected chi connectivity index (χ1v) is 6.45. The van der Waals surface area contributed by atoms with E-state index in [1.54, 1.807) is 0 Å². The van der Waals surface area contributed by atoms with Crippen molar-refractivity contribution < 1.29 is 4.39 Å². The van der Waals surface area contributed by atoms with Crippen molar-refractivity contribution in [1.82, 2.24) is 5.32 Å². The van der Waals surface area contributed by atoms with E-state index in [0.717, 1.165) is 18.5 Å². The highest BCUT2D eigenvalue weighted by molar-refractivity contribution is 5.27. The highest BCUT2D eigenvalue weighted by Gasteiger charge is 2.30. The van der Waals surface area contributed by atoms with Crippen LogP contribution >= 0.6 is 0 Å². The van der Waals surface area contributed by atoms with Gasteiger partial charge in [0.05, 0.1) is 0 Å². The summed E-state index contributed by atoms with van der Waals surface area (Å²) in [5.74, 6) is 2.52. The fraction of sp³-hybridized carbons (Fsp3) is 0.500. The standard InChI is InChI=1S/C16H22FN/c1-5-7-15(18-12-6-2)16(3,4)13-8-10-14(17)11-9-13/h1,8-11,15,18H,6-7,12H2,2-4H3. The van der Waals surface area contributed by atoms with Gasteiger partial charge < -0.3 is 5.32 Å². The monoisotopic (exact) mass is 247 g/mol. The molecule has 1 unspecified atom stereocenters. The SMILES string of the molecule is C#CCC(NCCC)C(C)(C)c1ccc(F)cc1. The Hall–Kier alpha value is -1.33. The normalized spacial score (nSPS) is 13.1. The lowest BCUT2D eigenvalue weighted by Gasteiger charge is -2.35. The molecule has 1 nitrogen and oxygen atoms in total. The van der Waals surface area contributed by atoms with Crippen molar-refractivity contribution in [3.8, 4) is 12.3 Å². The summed E-state index contributed by atoms with van der Waals surface area (Å²) < 4.78 is 13.0. The number of hydrogen-bond acceptors (Lipinski definition) is 1. The zero-order valence-electron chi connectivity index (χ0n) is 11.5. The predicted octanol–water partition coefficient (Wildman–Crippen LogP) is 3.49. The third-order valence-electron chi connectivity index (χ3n) is 3.42. The van der Waals surface area contributed by atoms with Crippen LogP contribution in [0.1, 0.15) is 39.2 Å². The Morgan fingerprint density at radius 1 is 1.33 bits per heavy atom. The average Bonchev–Trinajstić information content (AvgIpc) is 2.35. The van der Waals surface area contributed by atoms with E-state index in [9.17, 15) is 4.39 Å². The van der Waals surface area contributed by atoms with Crippen LogP contribution in [0, 0.1) is 18.2 Å². The van der Waals surface area contributed by atoms with Gasteiger partial charge >= 0.3 is 0 Å². The van der Waals surface area contributed by atoms with E-state index in [1.165, 1.54) is 12.1 Å². The minimum absolute atomic E-state index is 0.116. The van der Waals surface area contributed by atoms with Crippen LogP contribution in [0.5, 0.6) is 0 Å². The third-order valence-corrected chi connectivity index (χ3v) is 3.42. The predicted molar refractivity (Wildman–Crippen MR) is 75.0 cm³/mol. The van der Waals surface area contributed by atoms with Gasteiger partial charge in [0.2, 0.25) is 0 Å². The maximum atomic E-state index is 13.0. The van der Waals surface area contributed by atoms with Crippen molar-refractivity contribution in [2.24, 2.45) is 0 Å². The van der Waals surface area contributed by atoms with Crippen LogP contribution in [0.25, 0.3) is 0 Å². The fourth-order valence-corrected chi connectivity index (χ4v) is 2.10. The maximum Gasteiger partial charge on any atom is 0.123 e. The van der Waals surface area contributed by atoms with Gasteiger partial charge in [0.15, 0.2) is 0 Å². The molecule has 0 bridgehead atoms. The Morgan fingerprint density at radius 3 is 2.44 bits per heavy atom. The molecule has 0 heterocycles. The van der Waals surface area contributed by atoms with Crippen LogP contribution in [0.4, 0.5) is 4.39 Å². The average molecular weight is 247 g/mol. The lowest BCUT2D eigenvalue weighted by molar-refractivity contribution is 0.344. The van der Waals surface area contributed by atoms with Crippen molar-refractivity contribution in [3.63, 3.8) is 0 Å². The van der Waals surface area contributed by atoms with Crippen molar-refractivity contribution in [1.29, 1.82) is 0 Å². The molecule has 0 spiro atoms. The molecule has 0 amide bonds. The Kier molecular flexibility index (Phi) is 5.37. The summed E-state index contributed by atoms with van der Waals surface area (Å²) in [5.41, 5.74) is 0.989. The largest absolute Gasteiger partial charge is 0.312 e. The zero-order valence-corrected chi connectivity index (χ0v) is 11.5. The number of hydrogen-bond donors (Lipinski definition) is 1. The molecule has 0 radical (unpaired) electrons. The molecule has 0 fully saturated rings. The van der Waals surface area contributed by atoms with Crippen molar-refractivity contribution in [2.45, 2.75) is 45.1 Å². The second kappa shape index (κ2) is 6.56. The molecule has 0 aliphatic heterocycles. The minimum atomic E-state index is -0.204. The summed E-state index contributed by atoms with van der Waals surface area (Å²) >= 11 is 0. The van der Waals surface area contributed by atoms with Crippen molar-refractivity contribution in [2.75, 3.05) is 6.54 Å². The second-order valence-corrected chi connectivity index (χ2v) is 5.14. The number of benzene rings is 1. The first kappa shape index (κ1) is 14.7. The Morgan fingerprint density at radius 2 is 1.94 bits per heavy atom. The van der Waals surface area contributed by atoms with Crippen LogP contribution in [0.2, 0.25) is 0 Å². The topological polar surface area (TPSA) is 12.0 Å². The van der Waals surface area contributed by atoms with E-state index >= 15 is 0 Å². The van der Waals surface area contributed by atoms with Gasteiger partial charge in [0.25, 0.3) is 0 Å². The highest BCUT2D eigenvalue weighted by Crippen LogP contribution is 2.29. The van der Waals surface area contributed by atoms with Crippen molar-refractivity contribution >= 4 is 0 Å². The lowest BCUT2D eigenvalue weighted by Crippen LogP contribution is -2.45. The molecule has 1 aromatic carbocycles. The summed E-state index contributed by atoms with van der Waals surface area (Å²) in [5, 5.41) is 3.49. The Bertz CT molecular complexity index is 400. The molecular formula is C16H22FN. The van der Waals surface area contributed by atoms with Gasteiger partial charge in [-0.1, -0.05) is 32.9 Å². The highest BCUT2D eigenvalue weighted by atomic mass is 19.1. The van der Waals surface area contributed by atoms with Crippen molar-refractivity contribution in [3.05, 3.63) is 35.6 Å². The first-order valence-electron chi connectivity index (χ1n) is 6.45. The minimum Gasteiger partial charge on any atom is -0.312 e. The van der Waals surface area contributed by atoms with Crippen LogP contribution in [-0.2, 0) is 5.41 Å². The Labute approximate surface area is 110 Å². The lowest BCUT2D eigenvalue weighted by atomic mass is 9.76. The van der Waals surface area contributed by atoms with Gasteiger partial charge in [-0.3, -0.25) is 0 Å². The van der Waals surface area contributed by atoms with Gasteiger partial charge in [-0.2, -0.15) is 0 Å². The summed E-state index contributed by atoms with van der Waals surface area (Å²) in [6, 6.07) is 6.89. The summed E-state index contributed by atoms with van der Waals surface area (Å²) in [6.45, 7) is 7.36. The van der Waals surface area contributed by atoms with Crippen LogP contribution in [-0.4, -0.2) is 12.6 Å². The molecule has 0 aliphatic rings. The molecule has 98 valence electrons. The van der Waals surface area contributed by atoms with E-state index in [-0.39, 0.29) is 17.3 Å².